The minimum Gasteiger partial charge on any atom is -0.497 e. The largest absolute Gasteiger partial charge is 0.497 e. The molecule has 2 rings (SSSR count). The van der Waals surface area contributed by atoms with Crippen LogP contribution in [0.3, 0.4) is 0 Å². The number of methoxy groups -OCH3 is 2. The molecule has 1 heterocycles. The van der Waals surface area contributed by atoms with Crippen molar-refractivity contribution in [3.63, 3.8) is 0 Å². The number of carbonyl (C=O) groups excluding carboxylic acids is 1. The molecule has 1 amide bonds. The Hall–Kier alpha value is -3.03. The van der Waals surface area contributed by atoms with Gasteiger partial charge in [0.05, 0.1) is 19.8 Å². The fourth-order valence-electron chi connectivity index (χ4n) is 1.67. The normalized spacial score (nSPS) is 10.0. The third kappa shape index (κ3) is 3.11. The Bertz CT molecular complexity index is 680. The molecule has 2 aromatic rings. The van der Waals surface area contributed by atoms with E-state index in [1.165, 1.54) is 26.4 Å². The first kappa shape index (κ1) is 14.4. The monoisotopic (exact) mass is 291 g/mol. The van der Waals surface area contributed by atoms with Crippen LogP contribution < -0.4 is 14.8 Å². The van der Waals surface area contributed by atoms with Crippen LogP contribution in [0.4, 0.5) is 5.82 Å². The number of benzene rings is 1. The number of H-pyrrole nitrogens is 1. The van der Waals surface area contributed by atoms with E-state index in [4.69, 9.17) is 14.6 Å². The quantitative estimate of drug-likeness (QED) is 0.766. The second kappa shape index (κ2) is 5.95. The molecule has 0 aliphatic heterocycles. The van der Waals surface area contributed by atoms with E-state index in [9.17, 15) is 9.59 Å². The summed E-state index contributed by atoms with van der Waals surface area (Å²) >= 11 is 0. The topological polar surface area (TPSA) is 114 Å². The summed E-state index contributed by atoms with van der Waals surface area (Å²) in [5.74, 6) is -0.643. The number of aromatic amines is 1. The average molecular weight is 291 g/mol. The van der Waals surface area contributed by atoms with Gasteiger partial charge in [0.25, 0.3) is 5.91 Å². The maximum Gasteiger partial charge on any atom is 0.353 e. The third-order valence-corrected chi connectivity index (χ3v) is 2.70. The highest BCUT2D eigenvalue weighted by Crippen LogP contribution is 2.25. The van der Waals surface area contributed by atoms with E-state index in [-0.39, 0.29) is 17.1 Å². The number of hydrogen-bond acceptors (Lipinski definition) is 5. The second-order valence-corrected chi connectivity index (χ2v) is 3.99. The predicted molar refractivity (Wildman–Crippen MR) is 73.0 cm³/mol. The zero-order chi connectivity index (χ0) is 15.4. The molecule has 21 heavy (non-hydrogen) atoms. The van der Waals surface area contributed by atoms with Crippen LogP contribution in [0, 0.1) is 0 Å². The van der Waals surface area contributed by atoms with E-state index in [0.717, 1.165) is 0 Å². The molecular formula is C13H13N3O5. The predicted octanol–water partition coefficient (Wildman–Crippen LogP) is 1.38. The number of ether oxygens (including phenoxy) is 2. The number of anilines is 1. The SMILES string of the molecule is COc1ccc(C(=O)Nc2cc(C(=O)O)[nH]n2)c(OC)c1. The molecule has 8 nitrogen and oxygen atoms in total. The van der Waals surface area contributed by atoms with Crippen LogP contribution in [0.5, 0.6) is 11.5 Å². The van der Waals surface area contributed by atoms with Crippen LogP contribution in [-0.4, -0.2) is 41.4 Å². The van der Waals surface area contributed by atoms with Gasteiger partial charge in [-0.3, -0.25) is 9.89 Å². The smallest absolute Gasteiger partial charge is 0.353 e. The Morgan fingerprint density at radius 1 is 1.24 bits per heavy atom. The van der Waals surface area contributed by atoms with Crippen LogP contribution in [0.1, 0.15) is 20.8 Å². The average Bonchev–Trinajstić information content (AvgIpc) is 2.95. The summed E-state index contributed by atoms with van der Waals surface area (Å²) in [6.07, 6.45) is 0. The second-order valence-electron chi connectivity index (χ2n) is 3.99. The maximum absolute atomic E-state index is 12.1. The van der Waals surface area contributed by atoms with Crippen molar-refractivity contribution in [1.29, 1.82) is 0 Å². The summed E-state index contributed by atoms with van der Waals surface area (Å²) in [7, 11) is 2.94. The fraction of sp³-hybridized carbons (Fsp3) is 0.154. The molecule has 3 N–H and O–H groups in total. The van der Waals surface area contributed by atoms with Crippen LogP contribution in [0.25, 0.3) is 0 Å². The van der Waals surface area contributed by atoms with Crippen molar-refractivity contribution in [2.45, 2.75) is 0 Å². The number of amides is 1. The number of rotatable bonds is 5. The molecule has 0 aliphatic carbocycles. The summed E-state index contributed by atoms with van der Waals surface area (Å²) in [5.41, 5.74) is 0.158. The number of carbonyl (C=O) groups is 2. The van der Waals surface area contributed by atoms with E-state index >= 15 is 0 Å². The van der Waals surface area contributed by atoms with Crippen LogP contribution in [-0.2, 0) is 0 Å². The van der Waals surface area contributed by atoms with Crippen molar-refractivity contribution in [3.8, 4) is 11.5 Å². The maximum atomic E-state index is 12.1. The van der Waals surface area contributed by atoms with Gasteiger partial charge in [-0.05, 0) is 12.1 Å². The third-order valence-electron chi connectivity index (χ3n) is 2.70. The zero-order valence-corrected chi connectivity index (χ0v) is 11.3. The Balaban J connectivity index is 2.21. The lowest BCUT2D eigenvalue weighted by Gasteiger charge is -2.09. The summed E-state index contributed by atoms with van der Waals surface area (Å²) in [5, 5.41) is 17.2. The first-order valence-electron chi connectivity index (χ1n) is 5.87. The first-order chi connectivity index (χ1) is 10.0. The Labute approximate surface area is 119 Å². The molecule has 8 heteroatoms. The highest BCUT2D eigenvalue weighted by Gasteiger charge is 2.15. The molecule has 0 saturated carbocycles. The lowest BCUT2D eigenvalue weighted by Crippen LogP contribution is -2.13. The molecule has 0 atom stereocenters. The van der Waals surface area contributed by atoms with Crippen molar-refractivity contribution in [3.05, 3.63) is 35.5 Å². The molecular weight excluding hydrogens is 278 g/mol. The molecule has 0 bridgehead atoms. The molecule has 0 fully saturated rings. The lowest BCUT2D eigenvalue weighted by atomic mass is 10.1. The fourth-order valence-corrected chi connectivity index (χ4v) is 1.67. The summed E-state index contributed by atoms with van der Waals surface area (Å²) in [6, 6.07) is 5.95. The number of hydrogen-bond donors (Lipinski definition) is 3. The number of nitrogens with zero attached hydrogens (tertiary/aromatic N) is 1. The number of nitrogens with one attached hydrogen (secondary N) is 2. The van der Waals surface area contributed by atoms with Crippen molar-refractivity contribution in [1.82, 2.24) is 10.2 Å². The highest BCUT2D eigenvalue weighted by molar-refractivity contribution is 6.06. The Kier molecular flexibility index (Phi) is 4.07. The summed E-state index contributed by atoms with van der Waals surface area (Å²) in [6.45, 7) is 0. The van der Waals surface area contributed by atoms with Gasteiger partial charge in [-0.25, -0.2) is 4.79 Å². The van der Waals surface area contributed by atoms with E-state index in [2.05, 4.69) is 15.5 Å². The van der Waals surface area contributed by atoms with E-state index in [0.29, 0.717) is 11.5 Å². The van der Waals surface area contributed by atoms with E-state index in [1.54, 1.807) is 12.1 Å². The number of aromatic nitrogens is 2. The molecule has 0 radical (unpaired) electrons. The van der Waals surface area contributed by atoms with Crippen LogP contribution in [0.2, 0.25) is 0 Å². The van der Waals surface area contributed by atoms with Crippen LogP contribution >= 0.6 is 0 Å². The highest BCUT2D eigenvalue weighted by atomic mass is 16.5. The Morgan fingerprint density at radius 3 is 2.57 bits per heavy atom. The van der Waals surface area contributed by atoms with Gasteiger partial charge in [0.2, 0.25) is 0 Å². The standard InChI is InChI=1S/C13H13N3O5/c1-20-7-3-4-8(10(5-7)21-2)12(17)14-11-6-9(13(18)19)15-16-11/h3-6H,1-2H3,(H,18,19)(H2,14,15,16,17). The van der Waals surface area contributed by atoms with Crippen molar-refractivity contribution >= 4 is 17.7 Å². The van der Waals surface area contributed by atoms with E-state index in [1.807, 2.05) is 0 Å². The van der Waals surface area contributed by atoms with Gasteiger partial charge in [0, 0.05) is 12.1 Å². The lowest BCUT2D eigenvalue weighted by molar-refractivity contribution is 0.0690. The van der Waals surface area contributed by atoms with Gasteiger partial charge in [0.15, 0.2) is 5.82 Å². The van der Waals surface area contributed by atoms with Gasteiger partial charge in [-0.1, -0.05) is 0 Å². The van der Waals surface area contributed by atoms with Gasteiger partial charge in [-0.15, -0.1) is 0 Å². The number of carboxylic acid groups (broad SMARTS) is 1. The van der Waals surface area contributed by atoms with Crippen molar-refractivity contribution in [2.75, 3.05) is 19.5 Å². The zero-order valence-electron chi connectivity index (χ0n) is 11.3. The molecule has 1 aromatic heterocycles. The molecule has 0 unspecified atom stereocenters. The first-order valence-corrected chi connectivity index (χ1v) is 5.87. The van der Waals surface area contributed by atoms with Gasteiger partial charge in [-0.2, -0.15) is 5.10 Å². The van der Waals surface area contributed by atoms with Gasteiger partial charge in [0.1, 0.15) is 17.2 Å². The van der Waals surface area contributed by atoms with Crippen molar-refractivity contribution < 1.29 is 24.2 Å². The molecule has 0 spiro atoms. The minimum atomic E-state index is -1.16. The minimum absolute atomic E-state index is 0.107. The number of aromatic carboxylic acids is 1. The van der Waals surface area contributed by atoms with Gasteiger partial charge < -0.3 is 19.9 Å². The number of carboxylic acids is 1. The molecule has 110 valence electrons. The van der Waals surface area contributed by atoms with Gasteiger partial charge >= 0.3 is 5.97 Å². The molecule has 0 saturated heterocycles. The summed E-state index contributed by atoms with van der Waals surface area (Å²) in [4.78, 5) is 22.9. The van der Waals surface area contributed by atoms with E-state index < -0.39 is 11.9 Å². The Morgan fingerprint density at radius 2 is 2.00 bits per heavy atom. The van der Waals surface area contributed by atoms with Crippen LogP contribution in [0.15, 0.2) is 24.3 Å². The van der Waals surface area contributed by atoms with Crippen molar-refractivity contribution in [2.24, 2.45) is 0 Å². The summed E-state index contributed by atoms with van der Waals surface area (Å²) < 4.78 is 10.2. The molecule has 1 aromatic carbocycles. The molecule has 0 aliphatic rings.